The lowest BCUT2D eigenvalue weighted by Crippen LogP contribution is -2.52. The summed E-state index contributed by atoms with van der Waals surface area (Å²) in [5.41, 5.74) is 2.75. The first kappa shape index (κ1) is 32.1. The van der Waals surface area contributed by atoms with Crippen molar-refractivity contribution in [1.29, 1.82) is 0 Å². The molecule has 0 spiro atoms. The molecule has 0 saturated carbocycles. The summed E-state index contributed by atoms with van der Waals surface area (Å²) in [6, 6.07) is 13.3. The molecule has 2 unspecified atom stereocenters. The van der Waals surface area contributed by atoms with Gasteiger partial charge in [-0.1, -0.05) is 96.0 Å². The Kier molecular flexibility index (Phi) is 13.3. The zero-order valence-corrected chi connectivity index (χ0v) is 23.9. The van der Waals surface area contributed by atoms with Crippen LogP contribution in [-0.2, 0) is 6.18 Å². The molecule has 1 fully saturated rings. The van der Waals surface area contributed by atoms with E-state index in [4.69, 9.17) is 0 Å². The Morgan fingerprint density at radius 3 is 2.23 bits per heavy atom. The Hall–Kier alpha value is -3.10. The Labute approximate surface area is 232 Å². The van der Waals surface area contributed by atoms with Crippen molar-refractivity contribution < 1.29 is 13.2 Å². The van der Waals surface area contributed by atoms with E-state index in [0.29, 0.717) is 18.1 Å². The smallest absolute Gasteiger partial charge is 0.362 e. The number of halogens is 3. The highest BCUT2D eigenvalue weighted by atomic mass is 19.4. The molecule has 2 aliphatic rings. The lowest BCUT2D eigenvalue weighted by atomic mass is 10.0. The van der Waals surface area contributed by atoms with Gasteiger partial charge in [0.1, 0.15) is 12.0 Å². The molecule has 2 aromatic rings. The van der Waals surface area contributed by atoms with Crippen LogP contribution >= 0.6 is 0 Å². The van der Waals surface area contributed by atoms with Gasteiger partial charge in [0.2, 0.25) is 0 Å². The average molecular weight is 544 g/mol. The van der Waals surface area contributed by atoms with Crippen LogP contribution in [-0.4, -0.2) is 31.5 Å². The summed E-state index contributed by atoms with van der Waals surface area (Å²) >= 11 is 0. The van der Waals surface area contributed by atoms with E-state index < -0.39 is 17.9 Å². The van der Waals surface area contributed by atoms with Crippen LogP contribution in [0.1, 0.15) is 75.4 Å². The highest BCUT2D eigenvalue weighted by Gasteiger charge is 2.36. The van der Waals surface area contributed by atoms with Gasteiger partial charge in [0.05, 0.1) is 11.6 Å². The topological polar surface area (TPSA) is 60.5 Å². The van der Waals surface area contributed by atoms with Crippen molar-refractivity contribution in [3.63, 3.8) is 0 Å². The molecule has 1 saturated heterocycles. The third-order valence-electron chi connectivity index (χ3n) is 6.09. The van der Waals surface area contributed by atoms with Crippen molar-refractivity contribution in [1.82, 2.24) is 21.3 Å². The van der Waals surface area contributed by atoms with Crippen LogP contribution in [0.25, 0.3) is 5.70 Å². The predicted octanol–water partition coefficient (Wildman–Crippen LogP) is 6.94. The minimum Gasteiger partial charge on any atom is -0.362 e. The van der Waals surface area contributed by atoms with Crippen LogP contribution in [0, 0.1) is 6.92 Å². The highest BCUT2D eigenvalue weighted by Crippen LogP contribution is 2.36. The summed E-state index contributed by atoms with van der Waals surface area (Å²) in [7, 11) is 0. The summed E-state index contributed by atoms with van der Waals surface area (Å²) in [6.45, 7) is 17.0. The fourth-order valence-electron chi connectivity index (χ4n) is 3.97. The minimum absolute atomic E-state index is 0.0664. The van der Waals surface area contributed by atoms with E-state index in [2.05, 4.69) is 60.5 Å². The third-order valence-corrected chi connectivity index (χ3v) is 6.09. The molecule has 0 amide bonds. The molecule has 2 aromatic carbocycles. The molecular weight excluding hydrogens is 499 g/mol. The minimum atomic E-state index is -4.47. The van der Waals surface area contributed by atoms with Gasteiger partial charge in [-0.05, 0) is 18.6 Å². The quantitative estimate of drug-likeness (QED) is 0.330. The number of piperazine rings is 1. The van der Waals surface area contributed by atoms with Gasteiger partial charge in [0.25, 0.3) is 0 Å². The van der Waals surface area contributed by atoms with E-state index in [-0.39, 0.29) is 11.6 Å². The number of hydrogen-bond acceptors (Lipinski definition) is 5. The maximum absolute atomic E-state index is 13.7. The van der Waals surface area contributed by atoms with Crippen molar-refractivity contribution in [2.45, 2.75) is 72.3 Å². The second kappa shape index (κ2) is 16.1. The van der Waals surface area contributed by atoms with Crippen LogP contribution < -0.4 is 21.3 Å². The van der Waals surface area contributed by atoms with E-state index in [1.807, 2.05) is 37.3 Å². The molecule has 5 nitrogen and oxygen atoms in total. The number of alkyl halides is 3. The van der Waals surface area contributed by atoms with Gasteiger partial charge < -0.3 is 21.3 Å². The summed E-state index contributed by atoms with van der Waals surface area (Å²) in [5.74, 6) is 0.460. The number of aliphatic imine (C=N–C) groups is 1. The summed E-state index contributed by atoms with van der Waals surface area (Å²) in [5, 5.41) is 13.1. The van der Waals surface area contributed by atoms with E-state index in [1.165, 1.54) is 31.4 Å². The second-order valence-corrected chi connectivity index (χ2v) is 9.58. The van der Waals surface area contributed by atoms with Crippen molar-refractivity contribution in [2.24, 2.45) is 4.99 Å². The predicted molar refractivity (Wildman–Crippen MR) is 157 cm³/mol. The number of nitrogens with zero attached hydrogens (tertiary/aromatic N) is 1. The highest BCUT2D eigenvalue weighted by molar-refractivity contribution is 6.00. The van der Waals surface area contributed by atoms with Crippen LogP contribution in [0.4, 0.5) is 13.2 Å². The molecule has 4 rings (SSSR count). The van der Waals surface area contributed by atoms with Crippen LogP contribution in [0.15, 0.2) is 71.9 Å². The Morgan fingerprint density at radius 2 is 1.64 bits per heavy atom. The number of benzene rings is 2. The number of aryl methyl sites for hydroxylation is 1. The number of rotatable bonds is 5. The SMILES string of the molecule is C=C(NC1=NC(c2ccccc2C(F)(F)F)NC(C2CNCCN2)=C1)c1ccccc1C.CCC.CCCC. The first-order chi connectivity index (χ1) is 18.7. The first-order valence-electron chi connectivity index (χ1n) is 13.8. The van der Waals surface area contributed by atoms with Crippen LogP contribution in [0.5, 0.6) is 0 Å². The molecule has 39 heavy (non-hydrogen) atoms. The normalized spacial score (nSPS) is 18.7. The molecule has 2 atom stereocenters. The fourth-order valence-corrected chi connectivity index (χ4v) is 3.97. The van der Waals surface area contributed by atoms with Crippen molar-refractivity contribution in [3.8, 4) is 0 Å². The maximum atomic E-state index is 13.7. The van der Waals surface area contributed by atoms with Gasteiger partial charge in [-0.25, -0.2) is 4.99 Å². The van der Waals surface area contributed by atoms with Crippen molar-refractivity contribution in [2.75, 3.05) is 19.6 Å². The van der Waals surface area contributed by atoms with Crippen molar-refractivity contribution >= 4 is 11.5 Å². The van der Waals surface area contributed by atoms with Gasteiger partial charge in [0.15, 0.2) is 0 Å². The van der Waals surface area contributed by atoms with E-state index >= 15 is 0 Å². The zero-order valence-electron chi connectivity index (χ0n) is 23.9. The van der Waals surface area contributed by atoms with E-state index in [9.17, 15) is 13.2 Å². The van der Waals surface area contributed by atoms with Gasteiger partial charge in [0, 0.05) is 48.2 Å². The molecule has 8 heteroatoms. The summed E-state index contributed by atoms with van der Waals surface area (Å²) in [6.07, 6.45) is 0.363. The monoisotopic (exact) mass is 543 g/mol. The number of unbranched alkanes of at least 4 members (excludes halogenated alkanes) is 1. The molecule has 4 N–H and O–H groups in total. The zero-order chi connectivity index (χ0) is 28.8. The lowest BCUT2D eigenvalue weighted by Gasteiger charge is -2.33. The average Bonchev–Trinajstić information content (AvgIpc) is 2.93. The standard InChI is InChI=1S/C24H26F3N5.C4H10.C3H8/c1-15-7-3-4-8-17(15)16(2)30-22-13-20(21-14-28-11-12-29-21)31-23(32-22)18-9-5-6-10-19(18)24(25,26)27;1-3-4-2;1-3-2/h3-10,13,21,23,28-29,31H,2,11-12,14H2,1H3,(H,30,32);3-4H2,1-2H3;3H2,1-2H3. The molecule has 0 aliphatic carbocycles. The molecule has 0 bridgehead atoms. The Bertz CT molecular complexity index is 1100. The van der Waals surface area contributed by atoms with Gasteiger partial charge >= 0.3 is 6.18 Å². The van der Waals surface area contributed by atoms with Crippen LogP contribution in [0.2, 0.25) is 0 Å². The number of amidine groups is 1. The van der Waals surface area contributed by atoms with Gasteiger partial charge in [-0.15, -0.1) is 0 Å². The van der Waals surface area contributed by atoms with E-state index in [0.717, 1.165) is 36.0 Å². The molecule has 0 aromatic heterocycles. The second-order valence-electron chi connectivity index (χ2n) is 9.58. The third kappa shape index (κ3) is 9.86. The van der Waals surface area contributed by atoms with E-state index in [1.54, 1.807) is 6.07 Å². The summed E-state index contributed by atoms with van der Waals surface area (Å²) in [4.78, 5) is 4.58. The lowest BCUT2D eigenvalue weighted by molar-refractivity contribution is -0.138. The Morgan fingerprint density at radius 1 is 1.00 bits per heavy atom. The van der Waals surface area contributed by atoms with Crippen LogP contribution in [0.3, 0.4) is 0 Å². The largest absolute Gasteiger partial charge is 0.416 e. The summed E-state index contributed by atoms with van der Waals surface area (Å²) < 4.78 is 41.1. The number of hydrogen-bond donors (Lipinski definition) is 4. The molecular formula is C31H44F3N5. The molecule has 2 aliphatic heterocycles. The van der Waals surface area contributed by atoms with Crippen molar-refractivity contribution in [3.05, 3.63) is 89.1 Å². The fraction of sp³-hybridized carbons (Fsp3) is 0.452. The van der Waals surface area contributed by atoms with Gasteiger partial charge in [-0.2, -0.15) is 13.2 Å². The molecule has 0 radical (unpaired) electrons. The number of nitrogens with one attached hydrogen (secondary N) is 4. The maximum Gasteiger partial charge on any atom is 0.416 e. The first-order valence-corrected chi connectivity index (χ1v) is 13.8. The molecule has 2 heterocycles. The van der Waals surface area contributed by atoms with Gasteiger partial charge in [-0.3, -0.25) is 0 Å². The molecule has 214 valence electrons. The Balaban J connectivity index is 0.000000686.